The lowest BCUT2D eigenvalue weighted by Crippen LogP contribution is -2.70. The van der Waals surface area contributed by atoms with Crippen molar-refractivity contribution < 1.29 is 75.8 Å². The van der Waals surface area contributed by atoms with E-state index in [0.29, 0.717) is 0 Å². The first-order valence-electron chi connectivity index (χ1n) is 9.76. The summed E-state index contributed by atoms with van der Waals surface area (Å²) in [5.74, 6) is -14.9. The molecular weight excluding hydrogens is 549 g/mol. The van der Waals surface area contributed by atoms with Crippen molar-refractivity contribution in [1.29, 1.82) is 0 Å². The molecule has 0 aromatic rings. The Morgan fingerprint density at radius 3 is 1.67 bits per heavy atom. The Hall–Kier alpha value is -1.50. The van der Waals surface area contributed by atoms with Crippen LogP contribution >= 0.6 is 0 Å². The summed E-state index contributed by atoms with van der Waals surface area (Å²) in [6.07, 6.45) is -20.0. The number of hydrogen-bond acceptors (Lipinski definition) is 6. The van der Waals surface area contributed by atoms with Gasteiger partial charge in [0.2, 0.25) is 0 Å². The number of carbonyl (C=O) groups is 1. The molecule has 0 fully saturated rings. The van der Waals surface area contributed by atoms with Crippen molar-refractivity contribution in [2.24, 2.45) is 0 Å². The molecule has 0 radical (unpaired) electrons. The zero-order valence-corrected chi connectivity index (χ0v) is 20.4. The zero-order chi connectivity index (χ0) is 28.8. The highest BCUT2D eigenvalue weighted by atomic mass is 28.4. The smallest absolute Gasteiger partial charge is 0.460 e. The second-order valence-electron chi connectivity index (χ2n) is 7.41. The van der Waals surface area contributed by atoms with E-state index >= 15 is 0 Å². The zero-order valence-electron chi connectivity index (χ0n) is 19.4. The van der Waals surface area contributed by atoms with Crippen molar-refractivity contribution in [3.8, 4) is 0 Å². The fourth-order valence-electron chi connectivity index (χ4n) is 2.74. The number of carbonyl (C=O) groups excluding carboxylic acids is 1. The summed E-state index contributed by atoms with van der Waals surface area (Å²) < 4.78 is 171. The van der Waals surface area contributed by atoms with Gasteiger partial charge in [-0.25, -0.2) is 9.18 Å². The van der Waals surface area contributed by atoms with E-state index in [9.17, 15) is 53.1 Å². The van der Waals surface area contributed by atoms with Gasteiger partial charge in [-0.3, -0.25) is 0 Å². The molecule has 1 atom stereocenters. The number of rotatable bonds is 15. The lowest BCUT2D eigenvalue weighted by Gasteiger charge is -2.40. The summed E-state index contributed by atoms with van der Waals surface area (Å²) in [5.41, 5.74) is -7.91. The summed E-state index contributed by atoms with van der Waals surface area (Å²) in [5, 5.41) is 0. The molecule has 0 saturated carbocycles. The van der Waals surface area contributed by atoms with E-state index < -0.39 is 70.4 Å². The maximum atomic E-state index is 14.3. The van der Waals surface area contributed by atoms with Crippen LogP contribution in [0, 0.1) is 0 Å². The van der Waals surface area contributed by atoms with Crippen molar-refractivity contribution in [3.05, 3.63) is 12.2 Å². The first-order valence-corrected chi connectivity index (χ1v) is 11.7. The fourth-order valence-corrected chi connectivity index (χ4v) is 4.43. The van der Waals surface area contributed by atoms with Gasteiger partial charge in [-0.05, 0) is 13.3 Å². The molecule has 0 aromatic heterocycles. The van der Waals surface area contributed by atoms with Crippen LogP contribution in [0.3, 0.4) is 0 Å². The van der Waals surface area contributed by atoms with Crippen LogP contribution in [0.1, 0.15) is 19.8 Å². The molecule has 6 nitrogen and oxygen atoms in total. The van der Waals surface area contributed by atoms with Gasteiger partial charge in [0.1, 0.15) is 6.61 Å². The third-order valence-corrected chi connectivity index (χ3v) is 7.65. The summed E-state index contributed by atoms with van der Waals surface area (Å²) in [4.78, 5) is 11.5. The number of halogens is 11. The minimum atomic E-state index is -7.60. The highest BCUT2D eigenvalue weighted by Crippen LogP contribution is 2.59. The summed E-state index contributed by atoms with van der Waals surface area (Å²) in [6.45, 7) is 2.30. The van der Waals surface area contributed by atoms with Gasteiger partial charge in [0, 0.05) is 46.0 Å². The number of hydrogen-bond donors (Lipinski definition) is 0. The third kappa shape index (κ3) is 7.52. The Bertz CT molecular complexity index is 716. The summed E-state index contributed by atoms with van der Waals surface area (Å²) in [6, 6.07) is -0.0446. The molecule has 0 N–H and O–H groups in total. The Morgan fingerprint density at radius 1 is 0.861 bits per heavy atom. The Morgan fingerprint density at radius 2 is 1.31 bits per heavy atom. The van der Waals surface area contributed by atoms with Crippen LogP contribution in [0.15, 0.2) is 12.2 Å². The van der Waals surface area contributed by atoms with Gasteiger partial charge in [0.05, 0.1) is 6.10 Å². The Labute approximate surface area is 200 Å². The van der Waals surface area contributed by atoms with Crippen LogP contribution in [0.25, 0.3) is 0 Å². The van der Waals surface area contributed by atoms with Crippen molar-refractivity contribution in [2.45, 2.75) is 61.8 Å². The SMILES string of the molecule is C=C(C)C(=O)OCC(CC(F)(F)C(F)(F)C(F)(C(F)(F)F)C(F)(F)F)OCCC[Si](OC)(OC)OC. The topological polar surface area (TPSA) is 63.2 Å². The average Bonchev–Trinajstić information content (AvgIpc) is 2.74. The lowest BCUT2D eigenvalue weighted by atomic mass is 9.88. The van der Waals surface area contributed by atoms with Gasteiger partial charge in [-0.1, -0.05) is 6.58 Å². The van der Waals surface area contributed by atoms with Gasteiger partial charge < -0.3 is 22.8 Å². The number of esters is 1. The molecule has 0 aromatic carbocycles. The van der Waals surface area contributed by atoms with Crippen molar-refractivity contribution in [1.82, 2.24) is 0 Å². The van der Waals surface area contributed by atoms with E-state index in [0.717, 1.165) is 6.92 Å². The molecule has 214 valence electrons. The molecule has 0 aliphatic rings. The third-order valence-electron chi connectivity index (χ3n) is 4.82. The molecule has 0 rings (SSSR count). The molecule has 0 spiro atoms. The van der Waals surface area contributed by atoms with Crippen LogP contribution in [-0.4, -0.2) is 85.3 Å². The Balaban J connectivity index is 5.92. The van der Waals surface area contributed by atoms with Crippen LogP contribution in [0.2, 0.25) is 6.04 Å². The predicted octanol–water partition coefficient (Wildman–Crippen LogP) is 5.25. The first-order chi connectivity index (χ1) is 16.1. The van der Waals surface area contributed by atoms with Gasteiger partial charge in [-0.2, -0.15) is 43.9 Å². The fraction of sp³-hybridized carbons (Fsp3) is 0.833. The molecular formula is C18H25F11O6Si. The molecule has 18 heteroatoms. The summed E-state index contributed by atoms with van der Waals surface area (Å²) in [7, 11) is 0.417. The second kappa shape index (κ2) is 12.4. The maximum absolute atomic E-state index is 14.3. The largest absolute Gasteiger partial charge is 0.500 e. The van der Waals surface area contributed by atoms with Gasteiger partial charge in [-0.15, -0.1) is 0 Å². The van der Waals surface area contributed by atoms with E-state index in [-0.39, 0.29) is 18.0 Å². The monoisotopic (exact) mass is 574 g/mol. The molecule has 1 unspecified atom stereocenters. The van der Waals surface area contributed by atoms with Crippen LogP contribution in [0.4, 0.5) is 48.3 Å². The molecule has 0 saturated heterocycles. The molecule has 36 heavy (non-hydrogen) atoms. The molecule has 0 aliphatic carbocycles. The van der Waals surface area contributed by atoms with Crippen molar-refractivity contribution in [2.75, 3.05) is 34.5 Å². The maximum Gasteiger partial charge on any atom is 0.500 e. The normalized spacial score (nSPS) is 15.1. The first kappa shape index (κ1) is 34.5. The number of ether oxygens (including phenoxy) is 2. The standard InChI is InChI=1S/C18H25F11O6Si/c1-11(2)13(30)35-10-12(34-7-6-8-36(31-3,32-4)33-5)9-14(19,20)16(22,23)15(21,17(24,25)26)18(27,28)29/h12H,1,6-10H2,2-5H3. The Kier molecular flexibility index (Phi) is 11.8. The minimum absolute atomic E-state index is 0.0446. The molecule has 0 amide bonds. The molecule has 0 bridgehead atoms. The lowest BCUT2D eigenvalue weighted by molar-refractivity contribution is -0.428. The molecule has 0 aliphatic heterocycles. The number of alkyl halides is 11. The van der Waals surface area contributed by atoms with Crippen LogP contribution in [0.5, 0.6) is 0 Å². The predicted molar refractivity (Wildman–Crippen MR) is 102 cm³/mol. The van der Waals surface area contributed by atoms with Crippen molar-refractivity contribution >= 4 is 14.8 Å². The van der Waals surface area contributed by atoms with E-state index in [1.165, 1.54) is 21.3 Å². The minimum Gasteiger partial charge on any atom is -0.460 e. The van der Waals surface area contributed by atoms with Gasteiger partial charge >= 0.3 is 44.6 Å². The van der Waals surface area contributed by atoms with Crippen molar-refractivity contribution in [3.63, 3.8) is 0 Å². The average molecular weight is 574 g/mol. The van der Waals surface area contributed by atoms with E-state index in [1.807, 2.05) is 0 Å². The van der Waals surface area contributed by atoms with Crippen LogP contribution in [-0.2, 0) is 27.5 Å². The summed E-state index contributed by atoms with van der Waals surface area (Å²) >= 11 is 0. The van der Waals surface area contributed by atoms with E-state index in [4.69, 9.17) is 18.0 Å². The highest BCUT2D eigenvalue weighted by Gasteiger charge is 2.89. The molecule has 0 heterocycles. The second-order valence-corrected chi connectivity index (χ2v) is 10.5. The quantitative estimate of drug-likeness (QED) is 0.0876. The van der Waals surface area contributed by atoms with Crippen LogP contribution < -0.4 is 0 Å². The van der Waals surface area contributed by atoms with Gasteiger partial charge in [0.25, 0.3) is 0 Å². The van der Waals surface area contributed by atoms with Gasteiger partial charge in [0.15, 0.2) is 0 Å². The van der Waals surface area contributed by atoms with E-state index in [2.05, 4.69) is 11.3 Å². The highest BCUT2D eigenvalue weighted by molar-refractivity contribution is 6.60. The van der Waals surface area contributed by atoms with E-state index in [1.54, 1.807) is 0 Å².